The standard InChI is InChI=1S/C42H58Cl2N8O10S.C2HF3O2/c1-22(2)35(40(58)49-31(19-34(46)54)38(56)51-36(23(3)4)41(59)52-16-7-10-33(52)42(60)61)50-37(55)30(48-39(57)32(47-24(5)53)21-63-17-15-45)18-25-11-13-26(14-12-25)62-20-27-28(43)8-6-9-29(27)44;3-2(4,5)1(6)7/h6,8-9,11-14,22-23,30-33,35-36H,7,10,15-21,45H2,1-5H3,(H2,46,54)(H,47,53)(H,48,57)(H,49,58)(H,50,55)(H,51,56)(H,60,61);(H,6,7)/t30-,31-,32+,33-,35-,36-;/m0./s1. The second-order valence-electron chi connectivity index (χ2n) is 16.6. The van der Waals surface area contributed by atoms with E-state index in [4.69, 9.17) is 43.6 Å². The molecular weight excluding hydrogens is 992 g/mol. The maximum atomic E-state index is 14.2. The molecule has 6 atom stereocenters. The molecule has 388 valence electrons. The predicted molar refractivity (Wildman–Crippen MR) is 248 cm³/mol. The number of amides is 7. The van der Waals surface area contributed by atoms with Crippen LogP contribution in [0.2, 0.25) is 10.0 Å². The summed E-state index contributed by atoms with van der Waals surface area (Å²) in [5.74, 6) is -9.31. The van der Waals surface area contributed by atoms with E-state index < -0.39 is 114 Å². The Labute approximate surface area is 416 Å². The van der Waals surface area contributed by atoms with Gasteiger partial charge in [-0.15, -0.1) is 0 Å². The molecule has 1 heterocycles. The van der Waals surface area contributed by atoms with E-state index in [1.807, 2.05) is 0 Å². The third-order valence-electron chi connectivity index (χ3n) is 10.3. The summed E-state index contributed by atoms with van der Waals surface area (Å²) in [7, 11) is 0. The number of thioether (sulfide) groups is 1. The highest BCUT2D eigenvalue weighted by Gasteiger charge is 2.40. The van der Waals surface area contributed by atoms with Gasteiger partial charge in [0, 0.05) is 47.0 Å². The minimum Gasteiger partial charge on any atom is -0.542 e. The number of hydrogen-bond acceptors (Lipinski definition) is 12. The smallest absolute Gasteiger partial charge is 0.430 e. The first-order valence-electron chi connectivity index (χ1n) is 21.8. The number of rotatable bonds is 24. The Morgan fingerprint density at radius 1 is 0.843 bits per heavy atom. The lowest BCUT2D eigenvalue weighted by Crippen LogP contribution is -2.61. The Bertz CT molecular complexity index is 2150. The molecule has 2 aromatic rings. The second-order valence-corrected chi connectivity index (χ2v) is 18.5. The normalized spacial score (nSPS) is 15.5. The molecule has 20 nitrogen and oxygen atoms in total. The summed E-state index contributed by atoms with van der Waals surface area (Å²) < 4.78 is 37.4. The molecule has 3 rings (SSSR count). The molecule has 0 bridgehead atoms. The van der Waals surface area contributed by atoms with Gasteiger partial charge in [0.15, 0.2) is 0 Å². The number of halogens is 5. The monoisotopic (exact) mass is 1050 g/mol. The van der Waals surface area contributed by atoms with Gasteiger partial charge in [-0.05, 0) is 54.5 Å². The van der Waals surface area contributed by atoms with Crippen LogP contribution in [0.4, 0.5) is 13.2 Å². The molecular formula is C44H59Cl2F3N8O12S. The van der Waals surface area contributed by atoms with Gasteiger partial charge in [0.1, 0.15) is 54.6 Å². The summed E-state index contributed by atoms with van der Waals surface area (Å²) in [5.41, 5.74) is 10.5. The van der Waals surface area contributed by atoms with Crippen molar-refractivity contribution >= 4 is 88.3 Å². The number of nitrogens with one attached hydrogen (secondary N) is 5. The molecule has 70 heavy (non-hydrogen) atoms. The van der Waals surface area contributed by atoms with Crippen molar-refractivity contribution in [3.63, 3.8) is 0 Å². The van der Waals surface area contributed by atoms with E-state index in [-0.39, 0.29) is 31.7 Å². The van der Waals surface area contributed by atoms with Crippen LogP contribution < -0.4 is 47.9 Å². The average molecular weight is 1050 g/mol. The van der Waals surface area contributed by atoms with Crippen LogP contribution in [-0.4, -0.2) is 130 Å². The number of aliphatic carboxylic acids is 2. The SMILES string of the molecule is CC(=O)N[C@H](CSCC[NH3+])C(=O)N[C@@H](Cc1ccc(OCc2c(Cl)cccc2Cl)cc1)C(=O)N[C@H](C(=O)N[C@@H](CC(N)=O)C(=O)N[C@H](C(=O)N1CCC[C@H]1C(=O)O)C(C)C)C(C)C.O=C([O-])C(F)(F)F. The fraction of sp³-hybridized carbons (Fsp3) is 0.523. The number of carboxylic acids is 2. The third-order valence-corrected chi connectivity index (χ3v) is 12.1. The Balaban J connectivity index is 0.00000222. The number of hydrogen-bond donors (Lipinski definition) is 8. The summed E-state index contributed by atoms with van der Waals surface area (Å²) in [6.07, 6.45) is -5.22. The zero-order valence-corrected chi connectivity index (χ0v) is 41.3. The molecule has 0 aromatic heterocycles. The van der Waals surface area contributed by atoms with E-state index in [1.54, 1.807) is 70.2 Å². The van der Waals surface area contributed by atoms with Crippen molar-refractivity contribution in [2.24, 2.45) is 17.6 Å². The van der Waals surface area contributed by atoms with Gasteiger partial charge in [0.25, 0.3) is 0 Å². The Morgan fingerprint density at radius 3 is 1.87 bits per heavy atom. The quantitative estimate of drug-likeness (QED) is 0.0648. The highest BCUT2D eigenvalue weighted by molar-refractivity contribution is 7.99. The van der Waals surface area contributed by atoms with Gasteiger partial charge >= 0.3 is 12.1 Å². The lowest BCUT2D eigenvalue weighted by molar-refractivity contribution is -0.360. The van der Waals surface area contributed by atoms with Gasteiger partial charge in [-0.3, -0.25) is 33.6 Å². The van der Waals surface area contributed by atoms with Crippen molar-refractivity contribution in [1.82, 2.24) is 31.5 Å². The van der Waals surface area contributed by atoms with Gasteiger partial charge in [-0.25, -0.2) is 4.79 Å². The zero-order valence-electron chi connectivity index (χ0n) is 39.0. The molecule has 0 spiro atoms. The summed E-state index contributed by atoms with van der Waals surface area (Å²) in [5, 5.41) is 32.4. The molecule has 0 saturated carbocycles. The highest BCUT2D eigenvalue weighted by Crippen LogP contribution is 2.26. The van der Waals surface area contributed by atoms with Gasteiger partial charge in [-0.2, -0.15) is 24.9 Å². The van der Waals surface area contributed by atoms with Crippen molar-refractivity contribution in [3.05, 3.63) is 63.6 Å². The Kier molecular flexibility index (Phi) is 24.7. The van der Waals surface area contributed by atoms with Gasteiger partial charge in [0.05, 0.1) is 13.0 Å². The summed E-state index contributed by atoms with van der Waals surface area (Å²) in [4.78, 5) is 115. The minimum atomic E-state index is -5.19. The molecule has 1 fully saturated rings. The molecule has 1 aliphatic rings. The van der Waals surface area contributed by atoms with E-state index in [9.17, 15) is 56.6 Å². The minimum absolute atomic E-state index is 0.0729. The molecule has 1 aliphatic heterocycles. The second kappa shape index (κ2) is 28.7. The first kappa shape index (κ1) is 60.3. The number of ether oxygens (including phenoxy) is 1. The molecule has 0 unspecified atom stereocenters. The molecule has 11 N–H and O–H groups in total. The third kappa shape index (κ3) is 19.9. The van der Waals surface area contributed by atoms with Crippen LogP contribution in [0, 0.1) is 11.8 Å². The molecule has 2 aromatic carbocycles. The lowest BCUT2D eigenvalue weighted by Gasteiger charge is -2.31. The van der Waals surface area contributed by atoms with Crippen LogP contribution in [0.25, 0.3) is 0 Å². The van der Waals surface area contributed by atoms with Gasteiger partial charge < -0.3 is 62.7 Å². The number of quaternary nitrogens is 1. The van der Waals surface area contributed by atoms with Gasteiger partial charge in [0.2, 0.25) is 41.4 Å². The number of carbonyl (C=O) groups is 9. The summed E-state index contributed by atoms with van der Waals surface area (Å²) in [6, 6.07) is 4.31. The number of primary amides is 1. The predicted octanol–water partition coefficient (Wildman–Crippen LogP) is 0.0955. The first-order valence-corrected chi connectivity index (χ1v) is 23.7. The Hall–Kier alpha value is -5.85. The molecule has 7 amide bonds. The summed E-state index contributed by atoms with van der Waals surface area (Å²) >= 11 is 14.0. The zero-order chi connectivity index (χ0) is 53.0. The van der Waals surface area contributed by atoms with Crippen molar-refractivity contribution in [2.75, 3.05) is 24.6 Å². The van der Waals surface area contributed by atoms with E-state index in [0.717, 1.165) is 0 Å². The number of nitrogens with two attached hydrogens (primary N) is 1. The Morgan fingerprint density at radius 2 is 1.37 bits per heavy atom. The number of carboxylic acid groups (broad SMARTS) is 2. The summed E-state index contributed by atoms with van der Waals surface area (Å²) in [6.45, 7) is 8.66. The number of likely N-dealkylation sites (tertiary alicyclic amines) is 1. The van der Waals surface area contributed by atoms with Crippen LogP contribution in [0.3, 0.4) is 0 Å². The largest absolute Gasteiger partial charge is 0.542 e. The van der Waals surface area contributed by atoms with E-state index in [0.29, 0.717) is 45.6 Å². The number of nitrogens with zero attached hydrogens (tertiary/aromatic N) is 1. The lowest BCUT2D eigenvalue weighted by atomic mass is 9.99. The van der Waals surface area contributed by atoms with Crippen molar-refractivity contribution in [3.8, 4) is 5.75 Å². The number of carbonyl (C=O) groups excluding carboxylic acids is 8. The van der Waals surface area contributed by atoms with Crippen LogP contribution in [0.1, 0.15) is 65.0 Å². The van der Waals surface area contributed by atoms with E-state index in [1.165, 1.54) is 23.6 Å². The first-order chi connectivity index (χ1) is 32.7. The van der Waals surface area contributed by atoms with Crippen LogP contribution >= 0.6 is 35.0 Å². The fourth-order valence-electron chi connectivity index (χ4n) is 6.69. The van der Waals surface area contributed by atoms with Crippen molar-refractivity contribution < 1.29 is 77.0 Å². The highest BCUT2D eigenvalue weighted by atomic mass is 35.5. The number of benzene rings is 2. The van der Waals surface area contributed by atoms with Crippen molar-refractivity contribution in [2.45, 2.75) is 109 Å². The average Bonchev–Trinajstić information content (AvgIpc) is 3.77. The maximum Gasteiger partial charge on any atom is 0.430 e. The number of alkyl halides is 3. The van der Waals surface area contributed by atoms with Crippen molar-refractivity contribution in [1.29, 1.82) is 0 Å². The molecule has 1 saturated heterocycles. The van der Waals surface area contributed by atoms with Gasteiger partial charge in [-0.1, -0.05) is 69.1 Å². The van der Waals surface area contributed by atoms with E-state index >= 15 is 0 Å². The fourth-order valence-corrected chi connectivity index (χ4v) is 8.04. The molecule has 26 heteroatoms. The topological polar surface area (TPSA) is 323 Å². The van der Waals surface area contributed by atoms with Crippen LogP contribution in [-0.2, 0) is 56.2 Å². The maximum absolute atomic E-state index is 14.2. The molecule has 0 radical (unpaired) electrons. The van der Waals surface area contributed by atoms with E-state index in [2.05, 4.69) is 32.3 Å². The van der Waals surface area contributed by atoms with Crippen LogP contribution in [0.5, 0.6) is 5.75 Å². The van der Waals surface area contributed by atoms with Crippen LogP contribution in [0.15, 0.2) is 42.5 Å². The molecule has 0 aliphatic carbocycles.